The van der Waals surface area contributed by atoms with E-state index < -0.39 is 49.4 Å². The average molecular weight is 635 g/mol. The first-order valence-electron chi connectivity index (χ1n) is 13.1. The van der Waals surface area contributed by atoms with Crippen molar-refractivity contribution in [2.75, 3.05) is 38.4 Å². The van der Waals surface area contributed by atoms with Gasteiger partial charge in [0.2, 0.25) is 11.8 Å². The topological polar surface area (TPSA) is 202 Å². The second-order valence-electron chi connectivity index (χ2n) is 11.1. The lowest BCUT2D eigenvalue weighted by atomic mass is 9.97. The number of hydrogen-bond donors (Lipinski definition) is 2. The molecule has 4 N–H and O–H groups in total. The maximum Gasteiger partial charge on any atom is 0.475 e. The number of thioether (sulfide) groups is 1. The molecule has 2 aliphatic heterocycles. The van der Waals surface area contributed by atoms with Crippen LogP contribution in [0.1, 0.15) is 40.8 Å². The molecule has 2 fully saturated rings. The summed E-state index contributed by atoms with van der Waals surface area (Å²) in [7, 11) is -2.81. The summed E-state index contributed by atoms with van der Waals surface area (Å²) < 4.78 is 63.3. The van der Waals surface area contributed by atoms with E-state index in [1.54, 1.807) is 27.7 Å². The third-order valence-corrected chi connectivity index (χ3v) is 9.49. The van der Waals surface area contributed by atoms with Crippen LogP contribution in [0.3, 0.4) is 0 Å². The number of nitrogens with two attached hydrogens (primary N) is 2. The van der Waals surface area contributed by atoms with E-state index in [0.717, 1.165) is 11.8 Å². The molecule has 4 rings (SSSR count). The zero-order chi connectivity index (χ0) is 31.0. The Morgan fingerprint density at radius 3 is 2.74 bits per heavy atom. The molecule has 0 radical (unpaired) electrons. The zero-order valence-corrected chi connectivity index (χ0v) is 25.9. The first-order chi connectivity index (χ1) is 19.6. The van der Waals surface area contributed by atoms with Gasteiger partial charge in [0.05, 0.1) is 32.1 Å². The van der Waals surface area contributed by atoms with Crippen LogP contribution in [0.25, 0.3) is 11.2 Å². The van der Waals surface area contributed by atoms with E-state index in [1.165, 1.54) is 24.9 Å². The van der Waals surface area contributed by atoms with E-state index in [4.69, 9.17) is 39.2 Å². The summed E-state index contributed by atoms with van der Waals surface area (Å²) >= 11 is 0.900. The van der Waals surface area contributed by atoms with Crippen molar-refractivity contribution in [1.29, 1.82) is 0 Å². The van der Waals surface area contributed by atoms with E-state index >= 15 is 4.39 Å². The predicted octanol–water partition coefficient (Wildman–Crippen LogP) is 2.40. The highest BCUT2D eigenvalue weighted by molar-refractivity contribution is 8.13. The molecule has 4 heterocycles. The quantitative estimate of drug-likeness (QED) is 0.207. The Hall–Kier alpha value is -2.40. The molecule has 42 heavy (non-hydrogen) atoms. The molecule has 6 atom stereocenters. The third kappa shape index (κ3) is 6.56. The summed E-state index contributed by atoms with van der Waals surface area (Å²) in [6, 6.07) is -0.786. The van der Waals surface area contributed by atoms with Gasteiger partial charge in [-0.05, 0) is 26.7 Å². The van der Waals surface area contributed by atoms with Crippen molar-refractivity contribution in [1.82, 2.24) is 19.5 Å². The minimum absolute atomic E-state index is 0.0858. The fraction of sp³-hybridized carbons (Fsp3) is 0.708. The lowest BCUT2D eigenvalue weighted by Crippen LogP contribution is -2.44. The van der Waals surface area contributed by atoms with Gasteiger partial charge in [0, 0.05) is 5.75 Å². The molecule has 2 aromatic heterocycles. The van der Waals surface area contributed by atoms with E-state index in [1.807, 2.05) is 0 Å². The fourth-order valence-corrected chi connectivity index (χ4v) is 6.68. The van der Waals surface area contributed by atoms with Gasteiger partial charge in [0.25, 0.3) is 0 Å². The van der Waals surface area contributed by atoms with Crippen molar-refractivity contribution >= 4 is 47.8 Å². The highest BCUT2D eigenvalue weighted by atomic mass is 32.2. The number of halogens is 1. The predicted molar refractivity (Wildman–Crippen MR) is 149 cm³/mol. The molecule has 15 nitrogen and oxygen atoms in total. The van der Waals surface area contributed by atoms with E-state index in [9.17, 15) is 14.2 Å². The lowest BCUT2D eigenvalue weighted by molar-refractivity contribution is -0.150. The summed E-state index contributed by atoms with van der Waals surface area (Å²) in [4.78, 5) is 37.0. The molecule has 18 heteroatoms. The SMILES string of the molecule is COc1nc(N)nc2c1ncn2[C@@H]1O[C@@H]2CO[P@](=O)(OCCSC(=O)C(C)(C)COC(=O)[C@@H](N)C(C)C)O[C@H]2[C@@]1(C)F. The van der Waals surface area contributed by atoms with Crippen LogP contribution in [-0.4, -0.2) is 87.2 Å². The number of alkyl halides is 1. The highest BCUT2D eigenvalue weighted by Crippen LogP contribution is 2.59. The van der Waals surface area contributed by atoms with Gasteiger partial charge in [-0.25, -0.2) is 13.9 Å². The largest absolute Gasteiger partial charge is 0.479 e. The van der Waals surface area contributed by atoms with Gasteiger partial charge in [-0.3, -0.25) is 27.7 Å². The first-order valence-corrected chi connectivity index (χ1v) is 15.6. The Balaban J connectivity index is 1.33. The summed E-state index contributed by atoms with van der Waals surface area (Å²) in [5.41, 5.74) is 8.75. The first kappa shape index (κ1) is 32.5. The normalized spacial score (nSPS) is 28.5. The lowest BCUT2D eigenvalue weighted by Gasteiger charge is -2.33. The van der Waals surface area contributed by atoms with Crippen LogP contribution in [0, 0.1) is 11.3 Å². The third-order valence-electron chi connectivity index (χ3n) is 6.86. The number of nitrogens with zero attached hydrogens (tertiary/aromatic N) is 4. The number of carbonyl (C=O) groups is 2. The fourth-order valence-electron chi connectivity index (χ4n) is 4.29. The van der Waals surface area contributed by atoms with Gasteiger partial charge in [-0.15, -0.1) is 0 Å². The average Bonchev–Trinajstić information content (AvgIpc) is 3.45. The molecule has 0 unspecified atom stereocenters. The number of hydrogen-bond acceptors (Lipinski definition) is 15. The molecule has 0 saturated carbocycles. The smallest absolute Gasteiger partial charge is 0.475 e. The van der Waals surface area contributed by atoms with Crippen LogP contribution < -0.4 is 16.2 Å². The molecule has 0 bridgehead atoms. The Morgan fingerprint density at radius 2 is 2.07 bits per heavy atom. The van der Waals surface area contributed by atoms with Crippen molar-refractivity contribution in [2.24, 2.45) is 17.1 Å². The zero-order valence-electron chi connectivity index (χ0n) is 24.1. The molecule has 2 saturated heterocycles. The van der Waals surface area contributed by atoms with Crippen molar-refractivity contribution in [3.05, 3.63) is 6.33 Å². The number of rotatable bonds is 11. The van der Waals surface area contributed by atoms with Gasteiger partial charge in [0.15, 0.2) is 28.2 Å². The number of phosphoric acid groups is 1. The molecule has 0 aliphatic carbocycles. The van der Waals surface area contributed by atoms with Gasteiger partial charge in [-0.2, -0.15) is 9.97 Å². The number of aromatic nitrogens is 4. The number of anilines is 1. The number of carbonyl (C=O) groups excluding carboxylic acids is 2. The Bertz CT molecular complexity index is 1380. The van der Waals surface area contributed by atoms with Crippen molar-refractivity contribution in [3.63, 3.8) is 0 Å². The monoisotopic (exact) mass is 634 g/mol. The van der Waals surface area contributed by atoms with Crippen LogP contribution in [0.4, 0.5) is 10.3 Å². The number of phosphoric ester groups is 1. The molecule has 234 valence electrons. The molecule has 0 spiro atoms. The molecular weight excluding hydrogens is 598 g/mol. The Labute approximate surface area is 246 Å². The number of ether oxygens (including phenoxy) is 3. The van der Waals surface area contributed by atoms with Gasteiger partial charge >= 0.3 is 13.8 Å². The molecule has 2 aliphatic rings. The van der Waals surface area contributed by atoms with Crippen molar-refractivity contribution < 1.29 is 46.3 Å². The molecule has 0 aromatic carbocycles. The van der Waals surface area contributed by atoms with Crippen LogP contribution in [0.2, 0.25) is 0 Å². The maximum atomic E-state index is 16.2. The number of esters is 1. The van der Waals surface area contributed by atoms with Gasteiger partial charge < -0.3 is 25.7 Å². The molecular formula is C24H36FN6O9PS. The van der Waals surface area contributed by atoms with Crippen molar-refractivity contribution in [3.8, 4) is 5.88 Å². The maximum absolute atomic E-state index is 16.2. The standard InChI is InChI=1S/C24H36FN6O9PS/c1-12(2)14(26)19(32)36-10-23(3,4)21(33)42-8-7-37-41(34)38-9-13-16(40-41)24(5,25)20(39-13)31-11-28-15-17(31)29-22(27)30-18(15)35-6/h11-14,16,20H,7-10,26H2,1-6H3,(H2,27,29,30)/t13-,14+,16-,20-,24-,41+/m1/s1. The number of methoxy groups -OCH3 is 1. The van der Waals surface area contributed by atoms with Crippen LogP contribution in [0.5, 0.6) is 5.88 Å². The van der Waals surface area contributed by atoms with E-state index in [2.05, 4.69) is 15.0 Å². The number of imidazole rings is 1. The van der Waals surface area contributed by atoms with Crippen molar-refractivity contribution in [2.45, 2.75) is 64.8 Å². The summed E-state index contributed by atoms with van der Waals surface area (Å²) in [6.45, 7) is 7.46. The minimum atomic E-state index is -4.20. The molecule has 2 aromatic rings. The van der Waals surface area contributed by atoms with Crippen LogP contribution in [0.15, 0.2) is 6.33 Å². The number of fused-ring (bicyclic) bond motifs is 2. The Kier molecular flexibility index (Phi) is 9.52. The Morgan fingerprint density at radius 1 is 1.36 bits per heavy atom. The van der Waals surface area contributed by atoms with Crippen LogP contribution in [-0.2, 0) is 37.2 Å². The minimum Gasteiger partial charge on any atom is -0.479 e. The van der Waals surface area contributed by atoms with Crippen LogP contribution >= 0.6 is 19.6 Å². The van der Waals surface area contributed by atoms with Gasteiger partial charge in [0.1, 0.15) is 24.9 Å². The number of nitrogen functional groups attached to an aromatic ring is 1. The second kappa shape index (κ2) is 12.3. The summed E-state index contributed by atoms with van der Waals surface area (Å²) in [6.07, 6.45) is -2.21. The van der Waals surface area contributed by atoms with E-state index in [-0.39, 0.29) is 59.6 Å². The van der Waals surface area contributed by atoms with Gasteiger partial charge in [-0.1, -0.05) is 25.6 Å². The summed E-state index contributed by atoms with van der Waals surface area (Å²) in [5.74, 6) is -0.599. The highest BCUT2D eigenvalue weighted by Gasteiger charge is 2.61. The molecule has 0 amide bonds. The van der Waals surface area contributed by atoms with E-state index in [0.29, 0.717) is 0 Å². The summed E-state index contributed by atoms with van der Waals surface area (Å²) in [5, 5.41) is -0.280. The second-order valence-corrected chi connectivity index (χ2v) is 13.8.